The number of aliphatic carboxylic acids is 1. The Morgan fingerprint density at radius 3 is 2.62 bits per heavy atom. The van der Waals surface area contributed by atoms with E-state index in [0.717, 1.165) is 11.3 Å². The molecular weight excluding hydrogens is 270 g/mol. The third-order valence-corrected chi connectivity index (χ3v) is 4.33. The summed E-state index contributed by atoms with van der Waals surface area (Å²) in [5.41, 5.74) is 1.70. The van der Waals surface area contributed by atoms with Crippen molar-refractivity contribution in [3.05, 3.63) is 29.3 Å². The summed E-state index contributed by atoms with van der Waals surface area (Å²) < 4.78 is 0. The van der Waals surface area contributed by atoms with Crippen LogP contribution in [0, 0.1) is 17.3 Å². The minimum atomic E-state index is -0.903. The lowest BCUT2D eigenvalue weighted by atomic mass is 9.80. The highest BCUT2D eigenvalue weighted by atomic mass is 16.4. The van der Waals surface area contributed by atoms with Gasteiger partial charge in [0.25, 0.3) is 0 Å². The molecule has 0 aromatic heterocycles. The first-order valence-electron chi connectivity index (χ1n) is 7.01. The van der Waals surface area contributed by atoms with Crippen molar-refractivity contribution in [2.24, 2.45) is 17.3 Å². The maximum atomic E-state index is 12.3. The van der Waals surface area contributed by atoms with Crippen LogP contribution in [-0.2, 0) is 16.0 Å². The molecule has 0 radical (unpaired) electrons. The number of carboxylic acids is 1. The topological polar surface area (TPSA) is 83.5 Å². The van der Waals surface area contributed by atoms with Crippen molar-refractivity contribution in [2.45, 2.75) is 26.7 Å². The lowest BCUT2D eigenvalue weighted by Crippen LogP contribution is -2.37. The summed E-state index contributed by atoms with van der Waals surface area (Å²) in [5.74, 6) is -1.97. The van der Waals surface area contributed by atoms with E-state index in [4.69, 9.17) is 5.11 Å². The third-order valence-electron chi connectivity index (χ3n) is 4.33. The Bertz CT molecular complexity index is 662. The van der Waals surface area contributed by atoms with E-state index in [1.54, 1.807) is 18.2 Å². The van der Waals surface area contributed by atoms with E-state index in [-0.39, 0.29) is 11.7 Å². The molecule has 1 aliphatic heterocycles. The fourth-order valence-corrected chi connectivity index (χ4v) is 2.83. The normalized spacial score (nSPS) is 25.7. The average Bonchev–Trinajstić information content (AvgIpc) is 3.18. The van der Waals surface area contributed by atoms with Crippen LogP contribution in [0.3, 0.4) is 0 Å². The van der Waals surface area contributed by atoms with E-state index in [0.29, 0.717) is 18.4 Å². The van der Waals surface area contributed by atoms with Gasteiger partial charge in [-0.25, -0.2) is 0 Å². The first-order chi connectivity index (χ1) is 9.79. The van der Waals surface area contributed by atoms with E-state index in [1.807, 2.05) is 13.8 Å². The lowest BCUT2D eigenvalue weighted by molar-refractivity contribution is -0.138. The van der Waals surface area contributed by atoms with Crippen LogP contribution >= 0.6 is 0 Å². The molecule has 110 valence electrons. The number of rotatable bonds is 3. The number of amides is 1. The van der Waals surface area contributed by atoms with Crippen molar-refractivity contribution in [1.29, 1.82) is 0 Å². The number of Topliss-reactive ketones (excluding diaryl/α,β-unsaturated/α-hetero) is 1. The van der Waals surface area contributed by atoms with E-state index in [9.17, 15) is 14.4 Å². The first kappa shape index (κ1) is 13.8. The quantitative estimate of drug-likeness (QED) is 0.834. The van der Waals surface area contributed by atoms with Gasteiger partial charge in [-0.3, -0.25) is 14.4 Å². The molecule has 1 heterocycles. The van der Waals surface area contributed by atoms with Crippen molar-refractivity contribution in [2.75, 3.05) is 5.32 Å². The molecule has 5 nitrogen and oxygen atoms in total. The van der Waals surface area contributed by atoms with Gasteiger partial charge in [0.1, 0.15) is 0 Å². The summed E-state index contributed by atoms with van der Waals surface area (Å²) in [6.45, 7) is 3.72. The number of nitrogens with one attached hydrogen (secondary N) is 1. The van der Waals surface area contributed by atoms with Gasteiger partial charge in [-0.15, -0.1) is 0 Å². The van der Waals surface area contributed by atoms with Crippen molar-refractivity contribution >= 4 is 23.3 Å². The molecule has 0 spiro atoms. The zero-order valence-electron chi connectivity index (χ0n) is 12.0. The van der Waals surface area contributed by atoms with Gasteiger partial charge >= 0.3 is 5.97 Å². The van der Waals surface area contributed by atoms with Crippen molar-refractivity contribution in [3.63, 3.8) is 0 Å². The molecule has 1 aliphatic carbocycles. The van der Waals surface area contributed by atoms with Crippen molar-refractivity contribution in [1.82, 2.24) is 0 Å². The number of hydrogen-bond donors (Lipinski definition) is 2. The minimum Gasteiger partial charge on any atom is -0.481 e. The van der Waals surface area contributed by atoms with Gasteiger partial charge in [-0.1, -0.05) is 13.8 Å². The first-order valence-corrected chi connectivity index (χ1v) is 7.01. The molecule has 1 fully saturated rings. The van der Waals surface area contributed by atoms with Crippen LogP contribution in [0.1, 0.15) is 36.2 Å². The number of carbonyl (C=O) groups excluding carboxylic acids is 2. The number of anilines is 1. The molecule has 2 aliphatic rings. The molecule has 0 saturated heterocycles. The summed E-state index contributed by atoms with van der Waals surface area (Å²) in [5, 5.41) is 11.8. The standard InChI is InChI=1S/C16H17NO4/c1-16(2)7-9-5-8(3-4-12(9)17-15(16)21)13(18)10-6-11(10)14(19)20/h3-5,10-11H,6-7H2,1-2H3,(H,17,21)(H,19,20). The summed E-state index contributed by atoms with van der Waals surface area (Å²) in [7, 11) is 0. The lowest BCUT2D eigenvalue weighted by Gasteiger charge is -2.30. The fourth-order valence-electron chi connectivity index (χ4n) is 2.83. The molecule has 21 heavy (non-hydrogen) atoms. The highest BCUT2D eigenvalue weighted by Crippen LogP contribution is 2.42. The van der Waals surface area contributed by atoms with Crippen LogP contribution in [-0.4, -0.2) is 22.8 Å². The predicted octanol–water partition coefficient (Wildman–Crippen LogP) is 2.11. The molecular formula is C16H17NO4. The molecule has 0 bridgehead atoms. The average molecular weight is 287 g/mol. The molecule has 1 aromatic rings. The maximum Gasteiger partial charge on any atom is 0.307 e. The van der Waals surface area contributed by atoms with Gasteiger partial charge in [0.15, 0.2) is 5.78 Å². The van der Waals surface area contributed by atoms with Crippen molar-refractivity contribution in [3.8, 4) is 0 Å². The summed E-state index contributed by atoms with van der Waals surface area (Å²) in [4.78, 5) is 35.0. The van der Waals surface area contributed by atoms with Gasteiger partial charge in [-0.2, -0.15) is 0 Å². The van der Waals surface area contributed by atoms with Crippen molar-refractivity contribution < 1.29 is 19.5 Å². The molecule has 3 rings (SSSR count). The molecule has 5 heteroatoms. The number of hydrogen-bond acceptors (Lipinski definition) is 3. The Balaban J connectivity index is 1.86. The maximum absolute atomic E-state index is 12.3. The summed E-state index contributed by atoms with van der Waals surface area (Å²) in [6, 6.07) is 5.18. The highest BCUT2D eigenvalue weighted by molar-refractivity contribution is 6.04. The molecule has 1 amide bonds. The number of carbonyl (C=O) groups is 3. The van der Waals surface area contributed by atoms with Gasteiger partial charge in [-0.05, 0) is 36.6 Å². The number of benzene rings is 1. The molecule has 2 unspecified atom stereocenters. The van der Waals surface area contributed by atoms with E-state index >= 15 is 0 Å². The van der Waals surface area contributed by atoms with Gasteiger partial charge in [0.05, 0.1) is 5.92 Å². The number of fused-ring (bicyclic) bond motifs is 1. The SMILES string of the molecule is CC1(C)Cc2cc(C(=O)C3CC3C(=O)O)ccc2NC1=O. The molecule has 2 N–H and O–H groups in total. The predicted molar refractivity (Wildman–Crippen MR) is 76.1 cm³/mol. The largest absolute Gasteiger partial charge is 0.481 e. The van der Waals surface area contributed by atoms with Crippen LogP contribution in [0.15, 0.2) is 18.2 Å². The fraction of sp³-hybridized carbons (Fsp3) is 0.438. The minimum absolute atomic E-state index is 0.0257. The van der Waals surface area contributed by atoms with Gasteiger partial charge < -0.3 is 10.4 Å². The van der Waals surface area contributed by atoms with E-state index < -0.39 is 23.2 Å². The van der Waals surface area contributed by atoms with Crippen LogP contribution in [0.5, 0.6) is 0 Å². The zero-order chi connectivity index (χ0) is 15.4. The molecule has 1 saturated carbocycles. The van der Waals surface area contributed by atoms with Crippen LogP contribution in [0.25, 0.3) is 0 Å². The summed E-state index contributed by atoms with van der Waals surface area (Å²) in [6.07, 6.45) is 0.996. The van der Waals surface area contributed by atoms with E-state index in [2.05, 4.69) is 5.32 Å². The van der Waals surface area contributed by atoms with Crippen LogP contribution in [0.4, 0.5) is 5.69 Å². The number of ketones is 1. The van der Waals surface area contributed by atoms with Gasteiger partial charge in [0.2, 0.25) is 5.91 Å². The van der Waals surface area contributed by atoms with Crippen LogP contribution < -0.4 is 5.32 Å². The van der Waals surface area contributed by atoms with E-state index in [1.165, 1.54) is 0 Å². The Morgan fingerprint density at radius 1 is 1.29 bits per heavy atom. The highest BCUT2D eigenvalue weighted by Gasteiger charge is 2.48. The smallest absolute Gasteiger partial charge is 0.307 e. The summed E-state index contributed by atoms with van der Waals surface area (Å²) >= 11 is 0. The second-order valence-electron chi connectivity index (χ2n) is 6.54. The Labute approximate surface area is 122 Å². The monoisotopic (exact) mass is 287 g/mol. The zero-order valence-corrected chi connectivity index (χ0v) is 12.0. The Morgan fingerprint density at radius 2 is 2.00 bits per heavy atom. The second-order valence-corrected chi connectivity index (χ2v) is 6.54. The number of carboxylic acid groups (broad SMARTS) is 1. The van der Waals surface area contributed by atoms with Gasteiger partial charge in [0, 0.05) is 22.6 Å². The molecule has 2 atom stereocenters. The Hall–Kier alpha value is -2.17. The molecule has 1 aromatic carbocycles. The van der Waals surface area contributed by atoms with Crippen LogP contribution in [0.2, 0.25) is 0 Å². The third kappa shape index (κ3) is 2.33. The Kier molecular flexibility index (Phi) is 2.90. The second kappa shape index (κ2) is 4.41.